The minimum absolute atomic E-state index is 0.344. The van der Waals surface area contributed by atoms with Crippen molar-refractivity contribution in [1.29, 1.82) is 0 Å². The topological polar surface area (TPSA) is 49.4 Å². The van der Waals surface area contributed by atoms with Crippen molar-refractivity contribution in [3.8, 4) is 0 Å². The van der Waals surface area contributed by atoms with Gasteiger partial charge in [-0.25, -0.2) is 0 Å². The third-order valence-electron chi connectivity index (χ3n) is 4.34. The first-order valence-corrected chi connectivity index (χ1v) is 9.35. The van der Waals surface area contributed by atoms with E-state index >= 15 is 0 Å². The van der Waals surface area contributed by atoms with Crippen LogP contribution in [0.2, 0.25) is 5.02 Å². The molecule has 0 bridgehead atoms. The fourth-order valence-electron chi connectivity index (χ4n) is 2.81. The highest BCUT2D eigenvalue weighted by Gasteiger charge is 2.22. The van der Waals surface area contributed by atoms with Gasteiger partial charge in [0.05, 0.1) is 0 Å². The molecule has 0 fully saturated rings. The van der Waals surface area contributed by atoms with Crippen LogP contribution >= 0.6 is 11.6 Å². The van der Waals surface area contributed by atoms with Gasteiger partial charge in [-0.1, -0.05) is 78.3 Å². The molecule has 4 nitrogen and oxygen atoms in total. The molecule has 5 heteroatoms. The van der Waals surface area contributed by atoms with Crippen LogP contribution in [0.25, 0.3) is 0 Å². The molecule has 3 aromatic rings. The number of anilines is 1. The van der Waals surface area contributed by atoms with Gasteiger partial charge in [-0.15, -0.1) is 0 Å². The molecule has 0 heterocycles. The quantitative estimate of drug-likeness (QED) is 0.633. The standard InChI is InChI=1S/C23H21ClN2O2/c1-17-12-13-20(14-21(17)24)25-22(27)23(28)26(15-18-8-4-2-5-9-18)16-19-10-6-3-7-11-19/h2-14H,15-16H2,1H3,(H,25,27). The third kappa shape index (κ3) is 5.21. The lowest BCUT2D eigenvalue weighted by molar-refractivity contribution is -0.144. The average molecular weight is 393 g/mol. The predicted molar refractivity (Wildman–Crippen MR) is 112 cm³/mol. The Hall–Kier alpha value is -3.11. The highest BCUT2D eigenvalue weighted by Crippen LogP contribution is 2.20. The molecule has 0 atom stereocenters. The number of nitrogens with one attached hydrogen (secondary N) is 1. The summed E-state index contributed by atoms with van der Waals surface area (Å²) in [5.74, 6) is -1.28. The Morgan fingerprint density at radius 2 is 1.39 bits per heavy atom. The van der Waals surface area contributed by atoms with Gasteiger partial charge in [-0.2, -0.15) is 0 Å². The van der Waals surface area contributed by atoms with E-state index in [1.54, 1.807) is 18.2 Å². The van der Waals surface area contributed by atoms with E-state index in [1.807, 2.05) is 67.6 Å². The normalized spacial score (nSPS) is 10.4. The van der Waals surface area contributed by atoms with Gasteiger partial charge in [0.15, 0.2) is 0 Å². The summed E-state index contributed by atoms with van der Waals surface area (Å²) in [7, 11) is 0. The number of amides is 2. The van der Waals surface area contributed by atoms with E-state index in [0.717, 1.165) is 16.7 Å². The number of aryl methyl sites for hydroxylation is 1. The van der Waals surface area contributed by atoms with E-state index in [4.69, 9.17) is 11.6 Å². The van der Waals surface area contributed by atoms with E-state index in [1.165, 1.54) is 4.90 Å². The third-order valence-corrected chi connectivity index (χ3v) is 4.75. The maximum atomic E-state index is 12.9. The van der Waals surface area contributed by atoms with Crippen molar-refractivity contribution in [2.75, 3.05) is 5.32 Å². The molecule has 3 rings (SSSR count). The zero-order valence-electron chi connectivity index (χ0n) is 15.6. The molecule has 0 saturated carbocycles. The van der Waals surface area contributed by atoms with E-state index in [2.05, 4.69) is 5.32 Å². The molecular formula is C23H21ClN2O2. The number of nitrogens with zero attached hydrogens (tertiary/aromatic N) is 1. The molecule has 2 amide bonds. The van der Waals surface area contributed by atoms with Crippen LogP contribution in [0.4, 0.5) is 5.69 Å². The maximum absolute atomic E-state index is 12.9. The van der Waals surface area contributed by atoms with Gasteiger partial charge in [0.1, 0.15) is 0 Å². The van der Waals surface area contributed by atoms with Crippen molar-refractivity contribution in [3.05, 3.63) is 101 Å². The second kappa shape index (κ2) is 9.20. The summed E-state index contributed by atoms with van der Waals surface area (Å²) in [6.07, 6.45) is 0. The van der Waals surface area contributed by atoms with E-state index in [9.17, 15) is 9.59 Å². The molecule has 0 unspecified atom stereocenters. The summed E-state index contributed by atoms with van der Waals surface area (Å²) in [4.78, 5) is 27.0. The SMILES string of the molecule is Cc1ccc(NC(=O)C(=O)N(Cc2ccccc2)Cc2ccccc2)cc1Cl. The molecule has 0 spiro atoms. The zero-order chi connectivity index (χ0) is 19.9. The lowest BCUT2D eigenvalue weighted by atomic mass is 10.1. The number of hydrogen-bond donors (Lipinski definition) is 1. The number of halogens is 1. The fraction of sp³-hybridized carbons (Fsp3) is 0.130. The molecule has 1 N–H and O–H groups in total. The van der Waals surface area contributed by atoms with Crippen LogP contribution in [0.3, 0.4) is 0 Å². The zero-order valence-corrected chi connectivity index (χ0v) is 16.3. The predicted octanol–water partition coefficient (Wildman–Crippen LogP) is 4.82. The first-order chi connectivity index (χ1) is 13.5. The Kier molecular flexibility index (Phi) is 6.45. The lowest BCUT2D eigenvalue weighted by Gasteiger charge is -2.22. The van der Waals surface area contributed by atoms with Gasteiger partial charge >= 0.3 is 11.8 Å². The summed E-state index contributed by atoms with van der Waals surface area (Å²) in [6, 6.07) is 24.4. The summed E-state index contributed by atoms with van der Waals surface area (Å²) >= 11 is 6.11. The highest BCUT2D eigenvalue weighted by atomic mass is 35.5. The first kappa shape index (κ1) is 19.6. The minimum atomic E-state index is -0.688. The smallest absolute Gasteiger partial charge is 0.313 e. The van der Waals surface area contributed by atoms with Crippen LogP contribution in [-0.2, 0) is 22.7 Å². The molecule has 0 aliphatic carbocycles. The van der Waals surface area contributed by atoms with Crippen LogP contribution in [-0.4, -0.2) is 16.7 Å². The molecule has 28 heavy (non-hydrogen) atoms. The largest absolute Gasteiger partial charge is 0.326 e. The van der Waals surface area contributed by atoms with Gasteiger partial charge in [0.25, 0.3) is 0 Å². The molecule has 0 aliphatic heterocycles. The Bertz CT molecular complexity index is 917. The molecule has 3 aromatic carbocycles. The molecule has 142 valence electrons. The van der Waals surface area contributed by atoms with Crippen molar-refractivity contribution in [3.63, 3.8) is 0 Å². The van der Waals surface area contributed by atoms with Gasteiger partial charge < -0.3 is 10.2 Å². The first-order valence-electron chi connectivity index (χ1n) is 8.97. The Morgan fingerprint density at radius 1 is 0.857 bits per heavy atom. The van der Waals surface area contributed by atoms with Crippen molar-refractivity contribution < 1.29 is 9.59 Å². The van der Waals surface area contributed by atoms with Crippen molar-refractivity contribution >= 4 is 29.1 Å². The average Bonchev–Trinajstić information content (AvgIpc) is 2.71. The van der Waals surface area contributed by atoms with Gasteiger partial charge in [0, 0.05) is 23.8 Å². The molecule has 0 aromatic heterocycles. The van der Waals surface area contributed by atoms with Crippen LogP contribution < -0.4 is 5.32 Å². The lowest BCUT2D eigenvalue weighted by Crippen LogP contribution is -2.38. The van der Waals surface area contributed by atoms with Gasteiger partial charge in [-0.3, -0.25) is 9.59 Å². The van der Waals surface area contributed by atoms with Crippen LogP contribution in [0.1, 0.15) is 16.7 Å². The number of hydrogen-bond acceptors (Lipinski definition) is 2. The van der Waals surface area contributed by atoms with Crippen molar-refractivity contribution in [2.24, 2.45) is 0 Å². The van der Waals surface area contributed by atoms with Gasteiger partial charge in [-0.05, 0) is 35.7 Å². The number of benzene rings is 3. The number of rotatable bonds is 5. The summed E-state index contributed by atoms with van der Waals surface area (Å²) in [5, 5.41) is 3.18. The summed E-state index contributed by atoms with van der Waals surface area (Å²) < 4.78 is 0. The number of carbonyl (C=O) groups excluding carboxylic acids is 2. The Morgan fingerprint density at radius 3 is 1.89 bits per heavy atom. The highest BCUT2D eigenvalue weighted by molar-refractivity contribution is 6.39. The van der Waals surface area contributed by atoms with E-state index in [0.29, 0.717) is 23.8 Å². The van der Waals surface area contributed by atoms with Crippen LogP contribution in [0, 0.1) is 6.92 Å². The molecular weight excluding hydrogens is 372 g/mol. The van der Waals surface area contributed by atoms with Crippen molar-refractivity contribution in [2.45, 2.75) is 20.0 Å². The summed E-state index contributed by atoms with van der Waals surface area (Å²) in [5.41, 5.74) is 3.31. The fourth-order valence-corrected chi connectivity index (χ4v) is 2.99. The maximum Gasteiger partial charge on any atom is 0.313 e. The van der Waals surface area contributed by atoms with E-state index in [-0.39, 0.29) is 0 Å². The second-order valence-corrected chi connectivity index (χ2v) is 6.96. The van der Waals surface area contributed by atoms with E-state index < -0.39 is 11.8 Å². The number of carbonyl (C=O) groups is 2. The molecule has 0 aliphatic rings. The van der Waals surface area contributed by atoms with Gasteiger partial charge in [0.2, 0.25) is 0 Å². The summed E-state index contributed by atoms with van der Waals surface area (Å²) in [6.45, 7) is 2.56. The van der Waals surface area contributed by atoms with Crippen molar-refractivity contribution in [1.82, 2.24) is 4.90 Å². The van der Waals surface area contributed by atoms with Crippen LogP contribution in [0.15, 0.2) is 78.9 Å². The Balaban J connectivity index is 1.78. The van der Waals surface area contributed by atoms with Crippen LogP contribution in [0.5, 0.6) is 0 Å². The molecule has 0 saturated heterocycles. The minimum Gasteiger partial charge on any atom is -0.326 e. The molecule has 0 radical (unpaired) electrons. The monoisotopic (exact) mass is 392 g/mol. The second-order valence-electron chi connectivity index (χ2n) is 6.55. The Labute approximate surface area is 169 Å².